The second kappa shape index (κ2) is 7.52. The Morgan fingerprint density at radius 3 is 2.26 bits per heavy atom. The van der Waals surface area contributed by atoms with Crippen molar-refractivity contribution in [2.24, 2.45) is 0 Å². The first-order valence-corrected chi connectivity index (χ1v) is 6.60. The van der Waals surface area contributed by atoms with Crippen LogP contribution in [0.25, 0.3) is 0 Å². The van der Waals surface area contributed by atoms with E-state index in [4.69, 9.17) is 10.2 Å². The average Bonchev–Trinajstić information content (AvgIpc) is 2.79. The molecule has 6 nitrogen and oxygen atoms in total. The van der Waals surface area contributed by atoms with Crippen molar-refractivity contribution < 1.29 is 24.6 Å². The van der Waals surface area contributed by atoms with Crippen LogP contribution in [0.4, 0.5) is 0 Å². The molecule has 0 fully saturated rings. The molecule has 1 aromatic rings. The first-order valence-electron chi connectivity index (χ1n) is 5.73. The largest absolute Gasteiger partial charge is 0.480 e. The number of carboxylic acid groups (broad SMARTS) is 2. The zero-order chi connectivity index (χ0) is 14.3. The van der Waals surface area contributed by atoms with E-state index in [0.29, 0.717) is 6.42 Å². The molecule has 0 aromatic carbocycles. The number of aliphatic carboxylic acids is 2. The fourth-order valence-corrected chi connectivity index (χ4v) is 2.34. The number of aryl methyl sites for hydroxylation is 1. The molecule has 0 aliphatic carbocycles. The minimum atomic E-state index is -1.21. The fourth-order valence-electron chi connectivity index (χ4n) is 1.59. The topological polar surface area (TPSA) is 94.9 Å². The van der Waals surface area contributed by atoms with Gasteiger partial charge in [-0.25, -0.2) is 0 Å². The Kier molecular flexibility index (Phi) is 6.01. The third kappa shape index (κ3) is 6.01. The molecule has 0 bridgehead atoms. The summed E-state index contributed by atoms with van der Waals surface area (Å²) < 4.78 is 0. The monoisotopic (exact) mass is 285 g/mol. The second-order valence-electron chi connectivity index (χ2n) is 3.97. The van der Waals surface area contributed by atoms with Crippen LogP contribution in [0, 0.1) is 0 Å². The van der Waals surface area contributed by atoms with Gasteiger partial charge < -0.3 is 15.1 Å². The Hall–Kier alpha value is -1.89. The molecular weight excluding hydrogens is 270 g/mol. The van der Waals surface area contributed by atoms with Gasteiger partial charge in [0.15, 0.2) is 0 Å². The molecule has 0 spiro atoms. The minimum absolute atomic E-state index is 0.151. The predicted octanol–water partition coefficient (Wildman–Crippen LogP) is 1.07. The van der Waals surface area contributed by atoms with Crippen LogP contribution in [0.5, 0.6) is 0 Å². The Morgan fingerprint density at radius 2 is 1.79 bits per heavy atom. The maximum atomic E-state index is 11.7. The summed E-state index contributed by atoms with van der Waals surface area (Å²) in [4.78, 5) is 34.9. The van der Waals surface area contributed by atoms with E-state index >= 15 is 0 Å². The number of carbonyl (C=O) groups is 3. The number of carbonyl (C=O) groups excluding carboxylic acids is 1. The van der Waals surface area contributed by atoms with Gasteiger partial charge >= 0.3 is 11.9 Å². The molecule has 0 aliphatic heterocycles. The van der Waals surface area contributed by atoms with E-state index in [1.165, 1.54) is 0 Å². The summed E-state index contributed by atoms with van der Waals surface area (Å²) in [5.41, 5.74) is 0. The molecule has 104 valence electrons. The lowest BCUT2D eigenvalue weighted by Gasteiger charge is -2.18. The number of carboxylic acids is 2. The van der Waals surface area contributed by atoms with Gasteiger partial charge in [-0.3, -0.25) is 14.4 Å². The van der Waals surface area contributed by atoms with Crippen molar-refractivity contribution in [1.82, 2.24) is 4.90 Å². The highest BCUT2D eigenvalue weighted by Crippen LogP contribution is 2.12. The third-order valence-corrected chi connectivity index (χ3v) is 3.34. The molecule has 0 atom stereocenters. The van der Waals surface area contributed by atoms with E-state index in [1.807, 2.05) is 17.5 Å². The van der Waals surface area contributed by atoms with Crippen LogP contribution in [0.15, 0.2) is 17.5 Å². The normalized spacial score (nSPS) is 10.1. The lowest BCUT2D eigenvalue weighted by molar-refractivity contribution is -0.149. The van der Waals surface area contributed by atoms with E-state index in [9.17, 15) is 14.4 Å². The van der Waals surface area contributed by atoms with Crippen LogP contribution in [0.2, 0.25) is 0 Å². The van der Waals surface area contributed by atoms with Crippen LogP contribution < -0.4 is 0 Å². The Balaban J connectivity index is 2.42. The molecule has 0 radical (unpaired) electrons. The molecule has 1 amide bonds. The molecular formula is C12H15NO5S. The lowest BCUT2D eigenvalue weighted by atomic mass is 10.2. The zero-order valence-electron chi connectivity index (χ0n) is 10.2. The van der Waals surface area contributed by atoms with E-state index in [-0.39, 0.29) is 6.42 Å². The van der Waals surface area contributed by atoms with Gasteiger partial charge in [0.25, 0.3) is 0 Å². The number of amides is 1. The number of thiophene rings is 1. The van der Waals surface area contributed by atoms with Gasteiger partial charge in [0, 0.05) is 11.3 Å². The molecule has 1 heterocycles. The highest BCUT2D eigenvalue weighted by molar-refractivity contribution is 7.09. The SMILES string of the molecule is O=C(O)CN(CC(=O)O)C(=O)CCCc1cccs1. The van der Waals surface area contributed by atoms with Gasteiger partial charge in [-0.15, -0.1) is 11.3 Å². The van der Waals surface area contributed by atoms with Crippen molar-refractivity contribution in [3.63, 3.8) is 0 Å². The Morgan fingerprint density at radius 1 is 1.16 bits per heavy atom. The highest BCUT2D eigenvalue weighted by Gasteiger charge is 2.19. The average molecular weight is 285 g/mol. The molecule has 0 saturated carbocycles. The van der Waals surface area contributed by atoms with Crippen LogP contribution >= 0.6 is 11.3 Å². The molecule has 2 N–H and O–H groups in total. The first kappa shape index (κ1) is 15.2. The molecule has 1 rings (SSSR count). The van der Waals surface area contributed by atoms with Gasteiger partial charge in [0.2, 0.25) is 5.91 Å². The van der Waals surface area contributed by atoms with Crippen LogP contribution in [0.1, 0.15) is 17.7 Å². The van der Waals surface area contributed by atoms with Crippen molar-refractivity contribution in [2.45, 2.75) is 19.3 Å². The summed E-state index contributed by atoms with van der Waals surface area (Å²) in [6.07, 6.45) is 1.46. The van der Waals surface area contributed by atoms with E-state index in [2.05, 4.69) is 0 Å². The number of nitrogens with zero attached hydrogens (tertiary/aromatic N) is 1. The van der Waals surface area contributed by atoms with Crippen molar-refractivity contribution >= 4 is 29.2 Å². The number of hydrogen-bond donors (Lipinski definition) is 2. The molecule has 0 saturated heterocycles. The van der Waals surface area contributed by atoms with Gasteiger partial charge in [0.05, 0.1) is 0 Å². The van der Waals surface area contributed by atoms with Crippen molar-refractivity contribution in [3.05, 3.63) is 22.4 Å². The van der Waals surface area contributed by atoms with Gasteiger partial charge in [-0.1, -0.05) is 6.07 Å². The van der Waals surface area contributed by atoms with E-state index in [1.54, 1.807) is 11.3 Å². The summed E-state index contributed by atoms with van der Waals surface area (Å²) in [6.45, 7) is -1.16. The summed E-state index contributed by atoms with van der Waals surface area (Å²) in [5.74, 6) is -2.87. The van der Waals surface area contributed by atoms with Gasteiger partial charge in [-0.05, 0) is 24.3 Å². The Bertz CT molecular complexity index is 427. The maximum Gasteiger partial charge on any atom is 0.323 e. The van der Waals surface area contributed by atoms with Gasteiger partial charge in [0.1, 0.15) is 13.1 Å². The molecule has 19 heavy (non-hydrogen) atoms. The summed E-state index contributed by atoms with van der Waals surface area (Å²) in [5, 5.41) is 19.2. The van der Waals surface area contributed by atoms with Crippen LogP contribution in [0.3, 0.4) is 0 Å². The van der Waals surface area contributed by atoms with Crippen LogP contribution in [-0.2, 0) is 20.8 Å². The first-order chi connectivity index (χ1) is 8.99. The second-order valence-corrected chi connectivity index (χ2v) is 5.00. The summed E-state index contributed by atoms with van der Waals surface area (Å²) >= 11 is 1.59. The van der Waals surface area contributed by atoms with Crippen LogP contribution in [-0.4, -0.2) is 46.0 Å². The predicted molar refractivity (Wildman–Crippen MR) is 69.1 cm³/mol. The van der Waals surface area contributed by atoms with Crippen molar-refractivity contribution in [1.29, 1.82) is 0 Å². The quantitative estimate of drug-likeness (QED) is 0.745. The standard InChI is InChI=1S/C12H15NO5S/c14-10(5-1-3-9-4-2-6-19-9)13(7-11(15)16)8-12(17)18/h2,4,6H,1,3,5,7-8H2,(H,15,16)(H,17,18). The lowest BCUT2D eigenvalue weighted by Crippen LogP contribution is -2.39. The summed E-state index contributed by atoms with van der Waals surface area (Å²) in [6, 6.07) is 3.88. The molecule has 0 aliphatic rings. The number of rotatable bonds is 8. The smallest absolute Gasteiger partial charge is 0.323 e. The van der Waals surface area contributed by atoms with E-state index in [0.717, 1.165) is 16.2 Å². The summed E-state index contributed by atoms with van der Waals surface area (Å²) in [7, 11) is 0. The molecule has 0 unspecified atom stereocenters. The molecule has 7 heteroatoms. The highest BCUT2D eigenvalue weighted by atomic mass is 32.1. The zero-order valence-corrected chi connectivity index (χ0v) is 11.1. The van der Waals surface area contributed by atoms with Crippen molar-refractivity contribution in [3.8, 4) is 0 Å². The van der Waals surface area contributed by atoms with Gasteiger partial charge in [-0.2, -0.15) is 0 Å². The fraction of sp³-hybridized carbons (Fsp3) is 0.417. The maximum absolute atomic E-state index is 11.7. The molecule has 1 aromatic heterocycles. The van der Waals surface area contributed by atoms with Crippen molar-refractivity contribution in [2.75, 3.05) is 13.1 Å². The van der Waals surface area contributed by atoms with E-state index < -0.39 is 30.9 Å². The Labute approximate surface area is 114 Å². The number of hydrogen-bond acceptors (Lipinski definition) is 4. The third-order valence-electron chi connectivity index (χ3n) is 2.40. The minimum Gasteiger partial charge on any atom is -0.480 e.